The zero-order valence-electron chi connectivity index (χ0n) is 16.1. The van der Waals surface area contributed by atoms with E-state index in [1.165, 1.54) is 25.3 Å². The van der Waals surface area contributed by atoms with Crippen LogP contribution in [0, 0.1) is 11.7 Å². The topological polar surface area (TPSA) is 59.5 Å². The lowest BCUT2D eigenvalue weighted by molar-refractivity contribution is 0.0592. The van der Waals surface area contributed by atoms with Crippen molar-refractivity contribution in [3.63, 3.8) is 0 Å². The zero-order chi connectivity index (χ0) is 20.0. The Morgan fingerprint density at radius 2 is 1.74 bits per heavy atom. The molecule has 0 bridgehead atoms. The Balaban J connectivity index is 2.29. The summed E-state index contributed by atoms with van der Waals surface area (Å²) in [5.74, 6) is -0.932. The summed E-state index contributed by atoms with van der Waals surface area (Å²) in [6.45, 7) is 6.49. The summed E-state index contributed by atoms with van der Waals surface area (Å²) in [6, 6.07) is 10.9. The third-order valence-corrected chi connectivity index (χ3v) is 4.49. The van der Waals surface area contributed by atoms with Gasteiger partial charge in [-0.05, 0) is 49.1 Å². The van der Waals surface area contributed by atoms with Gasteiger partial charge in [0.25, 0.3) is 5.91 Å². The highest BCUT2D eigenvalue weighted by Crippen LogP contribution is 2.19. The van der Waals surface area contributed by atoms with Crippen molar-refractivity contribution in [1.82, 2.24) is 9.88 Å². The Bertz CT molecular complexity index is 790. The number of amides is 1. The van der Waals surface area contributed by atoms with E-state index in [1.807, 2.05) is 20.8 Å². The maximum absolute atomic E-state index is 13.2. The number of halogens is 1. The number of hydrogen-bond acceptors (Lipinski definition) is 4. The summed E-state index contributed by atoms with van der Waals surface area (Å²) in [7, 11) is 1.27. The van der Waals surface area contributed by atoms with E-state index in [-0.39, 0.29) is 35.1 Å². The summed E-state index contributed by atoms with van der Waals surface area (Å²) in [5, 5.41) is 0. The van der Waals surface area contributed by atoms with Gasteiger partial charge in [-0.2, -0.15) is 0 Å². The van der Waals surface area contributed by atoms with E-state index in [2.05, 4.69) is 9.72 Å². The minimum absolute atomic E-state index is 0.0865. The van der Waals surface area contributed by atoms with E-state index < -0.39 is 5.97 Å². The van der Waals surface area contributed by atoms with Crippen LogP contribution in [0.3, 0.4) is 0 Å². The summed E-state index contributed by atoms with van der Waals surface area (Å²) in [5.41, 5.74) is 1.25. The standard InChI is InChI=1S/C21H25FN2O3/c1-5-24(19(14(2)3)13-15-9-11-16(22)12-10-15)20(25)17-7-6-8-18(23-17)21(26)27-4/h6-12,14,19H,5,13H2,1-4H3/t19-/m0/s1. The lowest BCUT2D eigenvalue weighted by Gasteiger charge is -2.34. The number of methoxy groups -OCH3 is 1. The number of carbonyl (C=O) groups is 2. The quantitative estimate of drug-likeness (QED) is 0.695. The molecule has 6 heteroatoms. The van der Waals surface area contributed by atoms with Crippen LogP contribution in [0.2, 0.25) is 0 Å². The second-order valence-corrected chi connectivity index (χ2v) is 6.63. The van der Waals surface area contributed by atoms with E-state index in [9.17, 15) is 14.0 Å². The van der Waals surface area contributed by atoms with Crippen molar-refractivity contribution < 1.29 is 18.7 Å². The van der Waals surface area contributed by atoms with Crippen molar-refractivity contribution in [3.8, 4) is 0 Å². The molecule has 0 saturated heterocycles. The molecule has 2 rings (SSSR count). The molecular formula is C21H25FN2O3. The Hall–Kier alpha value is -2.76. The van der Waals surface area contributed by atoms with Gasteiger partial charge in [0.15, 0.2) is 0 Å². The van der Waals surface area contributed by atoms with Crippen molar-refractivity contribution in [1.29, 1.82) is 0 Å². The molecule has 0 unspecified atom stereocenters. The fraction of sp³-hybridized carbons (Fsp3) is 0.381. The molecule has 0 radical (unpaired) electrons. The SMILES string of the molecule is CCN(C(=O)c1cccc(C(=O)OC)n1)[C@@H](Cc1ccc(F)cc1)C(C)C. The van der Waals surface area contributed by atoms with Crippen LogP contribution >= 0.6 is 0 Å². The third-order valence-electron chi connectivity index (χ3n) is 4.49. The second kappa shape index (κ2) is 9.26. The lowest BCUT2D eigenvalue weighted by atomic mass is 9.94. The van der Waals surface area contributed by atoms with Crippen molar-refractivity contribution in [2.45, 2.75) is 33.2 Å². The highest BCUT2D eigenvalue weighted by molar-refractivity contribution is 5.94. The molecule has 0 aliphatic rings. The van der Waals surface area contributed by atoms with Crippen molar-refractivity contribution in [2.75, 3.05) is 13.7 Å². The number of ether oxygens (including phenoxy) is 1. The number of benzene rings is 1. The molecular weight excluding hydrogens is 347 g/mol. The largest absolute Gasteiger partial charge is 0.464 e. The summed E-state index contributed by atoms with van der Waals surface area (Å²) in [4.78, 5) is 30.7. The monoisotopic (exact) mass is 372 g/mol. The predicted octanol–water partition coefficient (Wildman–Crippen LogP) is 3.74. The molecule has 1 heterocycles. The van der Waals surface area contributed by atoms with Crippen molar-refractivity contribution in [2.24, 2.45) is 5.92 Å². The Morgan fingerprint density at radius 3 is 2.30 bits per heavy atom. The molecule has 0 N–H and O–H groups in total. The van der Waals surface area contributed by atoms with Gasteiger partial charge >= 0.3 is 5.97 Å². The van der Waals surface area contributed by atoms with Crippen molar-refractivity contribution in [3.05, 3.63) is 65.2 Å². The van der Waals surface area contributed by atoms with Crippen LogP contribution in [0.15, 0.2) is 42.5 Å². The van der Waals surface area contributed by atoms with Gasteiger partial charge in [0.05, 0.1) is 7.11 Å². The second-order valence-electron chi connectivity index (χ2n) is 6.63. The van der Waals surface area contributed by atoms with Gasteiger partial charge in [-0.3, -0.25) is 4.79 Å². The molecule has 0 aliphatic carbocycles. The maximum Gasteiger partial charge on any atom is 0.356 e. The lowest BCUT2D eigenvalue weighted by Crippen LogP contribution is -2.45. The molecule has 1 aromatic heterocycles. The molecule has 0 spiro atoms. The van der Waals surface area contributed by atoms with Crippen LogP contribution < -0.4 is 0 Å². The first-order chi connectivity index (χ1) is 12.9. The summed E-state index contributed by atoms with van der Waals surface area (Å²) < 4.78 is 17.9. The van der Waals surface area contributed by atoms with Crippen LogP contribution in [0.25, 0.3) is 0 Å². The van der Waals surface area contributed by atoms with E-state index >= 15 is 0 Å². The molecule has 1 atom stereocenters. The van der Waals surface area contributed by atoms with E-state index in [0.717, 1.165) is 5.56 Å². The van der Waals surface area contributed by atoms with Crippen LogP contribution in [0.5, 0.6) is 0 Å². The fourth-order valence-corrected chi connectivity index (χ4v) is 3.02. The molecule has 144 valence electrons. The van der Waals surface area contributed by atoms with Gasteiger partial charge in [0, 0.05) is 12.6 Å². The number of likely N-dealkylation sites (N-methyl/N-ethyl adjacent to an activating group) is 1. The van der Waals surface area contributed by atoms with E-state index in [4.69, 9.17) is 0 Å². The van der Waals surface area contributed by atoms with Gasteiger partial charge in [-0.15, -0.1) is 0 Å². The van der Waals surface area contributed by atoms with Gasteiger partial charge in [-0.25, -0.2) is 14.2 Å². The third kappa shape index (κ3) is 5.12. The average molecular weight is 372 g/mol. The van der Waals surface area contributed by atoms with Crippen LogP contribution in [0.4, 0.5) is 4.39 Å². The highest BCUT2D eigenvalue weighted by Gasteiger charge is 2.27. The van der Waals surface area contributed by atoms with Crippen LogP contribution in [0.1, 0.15) is 47.3 Å². The summed E-state index contributed by atoms with van der Waals surface area (Å²) in [6.07, 6.45) is 0.605. The number of hydrogen-bond donors (Lipinski definition) is 0. The Kier molecular flexibility index (Phi) is 7.05. The molecule has 1 amide bonds. The number of rotatable bonds is 7. The molecule has 2 aromatic rings. The molecule has 5 nitrogen and oxygen atoms in total. The molecule has 0 saturated carbocycles. The smallest absolute Gasteiger partial charge is 0.356 e. The Morgan fingerprint density at radius 1 is 1.11 bits per heavy atom. The minimum Gasteiger partial charge on any atom is -0.464 e. The van der Waals surface area contributed by atoms with E-state index in [0.29, 0.717) is 13.0 Å². The van der Waals surface area contributed by atoms with Gasteiger partial charge in [0.2, 0.25) is 0 Å². The number of esters is 1. The zero-order valence-corrected chi connectivity index (χ0v) is 16.1. The van der Waals surface area contributed by atoms with Crippen LogP contribution in [-0.4, -0.2) is 41.5 Å². The maximum atomic E-state index is 13.2. The minimum atomic E-state index is -0.584. The highest BCUT2D eigenvalue weighted by atomic mass is 19.1. The van der Waals surface area contributed by atoms with Crippen molar-refractivity contribution >= 4 is 11.9 Å². The number of carbonyl (C=O) groups excluding carboxylic acids is 2. The predicted molar refractivity (Wildman–Crippen MR) is 101 cm³/mol. The first-order valence-electron chi connectivity index (χ1n) is 8.98. The van der Waals surface area contributed by atoms with Gasteiger partial charge < -0.3 is 9.64 Å². The molecule has 27 heavy (non-hydrogen) atoms. The van der Waals surface area contributed by atoms with Crippen LogP contribution in [-0.2, 0) is 11.2 Å². The first kappa shape index (κ1) is 20.6. The average Bonchev–Trinajstić information content (AvgIpc) is 2.68. The molecule has 1 aromatic carbocycles. The number of aromatic nitrogens is 1. The normalized spacial score (nSPS) is 11.9. The fourth-order valence-electron chi connectivity index (χ4n) is 3.02. The summed E-state index contributed by atoms with van der Waals surface area (Å²) >= 11 is 0. The van der Waals surface area contributed by atoms with Gasteiger partial charge in [-0.1, -0.05) is 32.0 Å². The first-order valence-corrected chi connectivity index (χ1v) is 8.98. The number of pyridine rings is 1. The van der Waals surface area contributed by atoms with Gasteiger partial charge in [0.1, 0.15) is 17.2 Å². The molecule has 0 fully saturated rings. The molecule has 0 aliphatic heterocycles. The Labute approximate surface area is 159 Å². The van der Waals surface area contributed by atoms with E-state index in [1.54, 1.807) is 29.2 Å². The number of nitrogens with zero attached hydrogens (tertiary/aromatic N) is 2.